The Kier molecular flexibility index (Phi) is 3.39. The lowest BCUT2D eigenvalue weighted by molar-refractivity contribution is 0.558. The van der Waals surface area contributed by atoms with E-state index >= 15 is 0 Å². The quantitative estimate of drug-likeness (QED) is 0.470. The van der Waals surface area contributed by atoms with Crippen LogP contribution in [0.15, 0.2) is 77.2 Å². The molecule has 5 rings (SSSR count). The number of aromatic amines is 1. The summed E-state index contributed by atoms with van der Waals surface area (Å²) in [5, 5.41) is 10.7. The van der Waals surface area contributed by atoms with E-state index in [1.807, 2.05) is 66.7 Å². The molecular weight excluding hydrogens is 322 g/mol. The number of nitrogens with zero attached hydrogens (tertiary/aromatic N) is 2. The molecule has 0 aliphatic rings. The van der Waals surface area contributed by atoms with Crippen LogP contribution in [0, 0.1) is 0 Å². The molecule has 0 spiro atoms. The molecule has 0 unspecified atom stereocenters. The molecule has 0 amide bonds. The first kappa shape index (κ1) is 14.7. The first-order chi connectivity index (χ1) is 12.9. The maximum Gasteiger partial charge on any atom is 0.248 e. The van der Waals surface area contributed by atoms with Gasteiger partial charge in [0, 0.05) is 33.4 Å². The Morgan fingerprint density at radius 1 is 0.731 bits per heavy atom. The molecule has 0 saturated heterocycles. The first-order valence-electron chi connectivity index (χ1n) is 8.44. The molecule has 0 radical (unpaired) electrons. The van der Waals surface area contributed by atoms with E-state index in [-0.39, 0.29) is 0 Å². The largest absolute Gasteiger partial charge is 0.417 e. The molecule has 5 aromatic rings. The summed E-state index contributed by atoms with van der Waals surface area (Å²) in [5.74, 6) is 1.01. The van der Waals surface area contributed by atoms with Gasteiger partial charge in [0.1, 0.15) is 0 Å². The molecule has 4 nitrogen and oxygen atoms in total. The second kappa shape index (κ2) is 6.01. The van der Waals surface area contributed by atoms with Gasteiger partial charge < -0.3 is 9.40 Å². The molecule has 0 atom stereocenters. The highest BCUT2D eigenvalue weighted by Gasteiger charge is 2.10. The number of hydrogen-bond acceptors (Lipinski definition) is 3. The molecule has 26 heavy (non-hydrogen) atoms. The molecule has 0 aliphatic carbocycles. The Morgan fingerprint density at radius 3 is 2.46 bits per heavy atom. The standard InChI is InChI=1S/C22H15N3O/c1-2-6-15(7-3-1)10-13-21-24-25-22(26-21)16-11-12-20-18(14-16)17-8-4-5-9-19(17)23-20/h1-14,23H/b13-10+. The van der Waals surface area contributed by atoms with E-state index in [9.17, 15) is 0 Å². The van der Waals surface area contributed by atoms with E-state index in [1.54, 1.807) is 0 Å². The third-order valence-electron chi connectivity index (χ3n) is 4.41. The number of fused-ring (bicyclic) bond motifs is 3. The van der Waals surface area contributed by atoms with Gasteiger partial charge in [-0.3, -0.25) is 0 Å². The summed E-state index contributed by atoms with van der Waals surface area (Å²) in [4.78, 5) is 3.42. The minimum absolute atomic E-state index is 0.489. The summed E-state index contributed by atoms with van der Waals surface area (Å²) in [7, 11) is 0. The van der Waals surface area contributed by atoms with Crippen molar-refractivity contribution < 1.29 is 4.42 Å². The maximum absolute atomic E-state index is 5.81. The number of nitrogens with one attached hydrogen (secondary N) is 1. The van der Waals surface area contributed by atoms with Crippen molar-refractivity contribution in [2.24, 2.45) is 0 Å². The number of aromatic nitrogens is 3. The van der Waals surface area contributed by atoms with Crippen molar-refractivity contribution in [1.29, 1.82) is 0 Å². The summed E-state index contributed by atoms with van der Waals surface area (Å²) in [6, 6.07) is 24.4. The van der Waals surface area contributed by atoms with E-state index in [1.165, 1.54) is 5.39 Å². The fourth-order valence-corrected chi connectivity index (χ4v) is 3.13. The van der Waals surface area contributed by atoms with Crippen molar-refractivity contribution in [3.63, 3.8) is 0 Å². The summed E-state index contributed by atoms with van der Waals surface area (Å²) in [6.07, 6.45) is 3.79. The molecule has 0 aliphatic heterocycles. The van der Waals surface area contributed by atoms with Gasteiger partial charge in [-0.1, -0.05) is 48.5 Å². The van der Waals surface area contributed by atoms with E-state index in [4.69, 9.17) is 4.42 Å². The third kappa shape index (κ3) is 2.58. The second-order valence-corrected chi connectivity index (χ2v) is 6.12. The third-order valence-corrected chi connectivity index (χ3v) is 4.41. The Balaban J connectivity index is 1.51. The Hall–Kier alpha value is -3.66. The van der Waals surface area contributed by atoms with Crippen LogP contribution in [0.1, 0.15) is 11.5 Å². The van der Waals surface area contributed by atoms with Gasteiger partial charge in [-0.25, -0.2) is 0 Å². The average Bonchev–Trinajstić information content (AvgIpc) is 3.31. The van der Waals surface area contributed by atoms with Crippen molar-refractivity contribution >= 4 is 34.0 Å². The van der Waals surface area contributed by atoms with Crippen LogP contribution < -0.4 is 0 Å². The van der Waals surface area contributed by atoms with Crippen LogP contribution in [-0.2, 0) is 0 Å². The fraction of sp³-hybridized carbons (Fsp3) is 0. The van der Waals surface area contributed by atoms with Crippen molar-refractivity contribution in [2.75, 3.05) is 0 Å². The predicted octanol–water partition coefficient (Wildman–Crippen LogP) is 5.54. The van der Waals surface area contributed by atoms with E-state index in [0.717, 1.165) is 27.5 Å². The smallest absolute Gasteiger partial charge is 0.248 e. The van der Waals surface area contributed by atoms with Crippen LogP contribution in [0.4, 0.5) is 0 Å². The molecular formula is C22H15N3O. The minimum atomic E-state index is 0.489. The van der Waals surface area contributed by atoms with Crippen molar-refractivity contribution in [1.82, 2.24) is 15.2 Å². The lowest BCUT2D eigenvalue weighted by Crippen LogP contribution is -1.78. The molecule has 0 bridgehead atoms. The van der Waals surface area contributed by atoms with Crippen molar-refractivity contribution in [3.05, 3.63) is 84.3 Å². The first-order valence-corrected chi connectivity index (χ1v) is 8.44. The number of benzene rings is 3. The van der Waals surface area contributed by atoms with Crippen LogP contribution in [0.2, 0.25) is 0 Å². The van der Waals surface area contributed by atoms with Gasteiger partial charge >= 0.3 is 0 Å². The van der Waals surface area contributed by atoms with Gasteiger partial charge in [0.25, 0.3) is 0 Å². The Bertz CT molecular complexity index is 1230. The van der Waals surface area contributed by atoms with Crippen LogP contribution in [-0.4, -0.2) is 15.2 Å². The van der Waals surface area contributed by atoms with Gasteiger partial charge in [-0.2, -0.15) is 0 Å². The highest BCUT2D eigenvalue weighted by molar-refractivity contribution is 6.08. The molecule has 4 heteroatoms. The number of H-pyrrole nitrogens is 1. The minimum Gasteiger partial charge on any atom is -0.417 e. The maximum atomic E-state index is 5.81. The summed E-state index contributed by atoms with van der Waals surface area (Å²) in [5.41, 5.74) is 4.22. The second-order valence-electron chi connectivity index (χ2n) is 6.12. The topological polar surface area (TPSA) is 54.7 Å². The van der Waals surface area contributed by atoms with Gasteiger partial charge in [0.2, 0.25) is 11.8 Å². The zero-order valence-electron chi connectivity index (χ0n) is 13.9. The van der Waals surface area contributed by atoms with E-state index < -0.39 is 0 Å². The van der Waals surface area contributed by atoms with Crippen LogP contribution in [0.25, 0.3) is 45.4 Å². The van der Waals surface area contributed by atoms with Crippen LogP contribution in [0.3, 0.4) is 0 Å². The fourth-order valence-electron chi connectivity index (χ4n) is 3.13. The molecule has 2 heterocycles. The molecule has 2 aromatic heterocycles. The SMILES string of the molecule is C(=C\c1nnc(-c2ccc3[nH]c4ccccc4c3c2)o1)/c1ccccc1. The zero-order chi connectivity index (χ0) is 17.3. The van der Waals surface area contributed by atoms with Gasteiger partial charge in [-0.05, 0) is 35.9 Å². The number of hydrogen-bond donors (Lipinski definition) is 1. The molecule has 1 N–H and O–H groups in total. The molecule has 0 fully saturated rings. The Morgan fingerprint density at radius 2 is 1.54 bits per heavy atom. The van der Waals surface area contributed by atoms with Crippen molar-refractivity contribution in [3.8, 4) is 11.5 Å². The molecule has 124 valence electrons. The van der Waals surface area contributed by atoms with Gasteiger partial charge in [-0.15, -0.1) is 10.2 Å². The lowest BCUT2D eigenvalue weighted by Gasteiger charge is -1.96. The van der Waals surface area contributed by atoms with E-state index in [0.29, 0.717) is 11.8 Å². The average molecular weight is 337 g/mol. The Labute approximate surface area is 149 Å². The summed E-state index contributed by atoms with van der Waals surface area (Å²) in [6.45, 7) is 0. The lowest BCUT2D eigenvalue weighted by atomic mass is 10.1. The van der Waals surface area contributed by atoms with Crippen LogP contribution in [0.5, 0.6) is 0 Å². The molecule has 0 saturated carbocycles. The number of para-hydroxylation sites is 1. The van der Waals surface area contributed by atoms with Gasteiger partial charge in [0.05, 0.1) is 0 Å². The van der Waals surface area contributed by atoms with Gasteiger partial charge in [0.15, 0.2) is 0 Å². The summed E-state index contributed by atoms with van der Waals surface area (Å²) >= 11 is 0. The highest BCUT2D eigenvalue weighted by atomic mass is 16.4. The normalized spacial score (nSPS) is 11.7. The van der Waals surface area contributed by atoms with Crippen molar-refractivity contribution in [2.45, 2.75) is 0 Å². The predicted molar refractivity (Wildman–Crippen MR) is 104 cm³/mol. The zero-order valence-corrected chi connectivity index (χ0v) is 13.9. The summed E-state index contributed by atoms with van der Waals surface area (Å²) < 4.78 is 5.81. The highest BCUT2D eigenvalue weighted by Crippen LogP contribution is 2.29. The molecule has 3 aromatic carbocycles. The number of rotatable bonds is 3. The van der Waals surface area contributed by atoms with E-state index in [2.05, 4.69) is 33.4 Å². The monoisotopic (exact) mass is 337 g/mol. The van der Waals surface area contributed by atoms with Crippen LogP contribution >= 0.6 is 0 Å².